The molecule has 0 saturated heterocycles. The van der Waals surface area contributed by atoms with Crippen molar-refractivity contribution in [2.75, 3.05) is 33.8 Å². The summed E-state index contributed by atoms with van der Waals surface area (Å²) in [6, 6.07) is 0.589. The van der Waals surface area contributed by atoms with Crippen LogP contribution in [0.2, 0.25) is 0 Å². The smallest absolute Gasteiger partial charge is 0.0596 e. The van der Waals surface area contributed by atoms with Gasteiger partial charge in [-0.15, -0.1) is 0 Å². The Bertz CT molecular complexity index is 149. The fraction of sp³-hybridized carbons (Fsp3) is 1.00. The number of likely N-dealkylation sites (N-methyl/N-ethyl adjacent to an activating group) is 2. The van der Waals surface area contributed by atoms with Crippen molar-refractivity contribution in [2.24, 2.45) is 5.92 Å². The molecule has 0 aromatic carbocycles. The quantitative estimate of drug-likeness (QED) is 0.667. The highest BCUT2D eigenvalue weighted by Crippen LogP contribution is 2.07. The van der Waals surface area contributed by atoms with Crippen molar-refractivity contribution in [3.63, 3.8) is 0 Å². The first-order valence-corrected chi connectivity index (χ1v) is 5.95. The fourth-order valence-corrected chi connectivity index (χ4v) is 1.71. The van der Waals surface area contributed by atoms with Gasteiger partial charge >= 0.3 is 0 Å². The molecule has 1 unspecified atom stereocenters. The molecule has 15 heavy (non-hydrogen) atoms. The van der Waals surface area contributed by atoms with Gasteiger partial charge in [-0.25, -0.2) is 0 Å². The summed E-state index contributed by atoms with van der Waals surface area (Å²) in [4.78, 5) is 2.38. The van der Waals surface area contributed by atoms with Gasteiger partial charge in [0.2, 0.25) is 0 Å². The third-order valence-corrected chi connectivity index (χ3v) is 2.64. The lowest BCUT2D eigenvalue weighted by molar-refractivity contribution is 0.0508. The molecule has 0 aromatic heterocycles. The summed E-state index contributed by atoms with van der Waals surface area (Å²) in [6.07, 6.45) is 0.334. The number of rotatable bonds is 8. The average Bonchev–Trinajstić information content (AvgIpc) is 2.12. The van der Waals surface area contributed by atoms with Crippen LogP contribution in [0.4, 0.5) is 0 Å². The third-order valence-electron chi connectivity index (χ3n) is 2.64. The highest BCUT2D eigenvalue weighted by atomic mass is 16.5. The maximum atomic E-state index is 5.56. The van der Waals surface area contributed by atoms with Crippen LogP contribution >= 0.6 is 0 Å². The number of ether oxygens (including phenoxy) is 1. The summed E-state index contributed by atoms with van der Waals surface area (Å²) < 4.78 is 5.56. The van der Waals surface area contributed by atoms with E-state index in [1.54, 1.807) is 0 Å². The molecule has 3 heteroatoms. The molecule has 0 aromatic rings. The molecule has 0 radical (unpaired) electrons. The monoisotopic (exact) mass is 216 g/mol. The van der Waals surface area contributed by atoms with Crippen LogP contribution < -0.4 is 5.32 Å². The second-order valence-electron chi connectivity index (χ2n) is 4.77. The second kappa shape index (κ2) is 8.08. The van der Waals surface area contributed by atoms with Crippen molar-refractivity contribution >= 4 is 0 Å². The molecule has 0 heterocycles. The lowest BCUT2D eigenvalue weighted by atomic mass is 10.0. The minimum absolute atomic E-state index is 0.334. The summed E-state index contributed by atoms with van der Waals surface area (Å²) in [7, 11) is 4.18. The van der Waals surface area contributed by atoms with Crippen LogP contribution in [0, 0.1) is 5.92 Å². The third kappa shape index (κ3) is 6.88. The van der Waals surface area contributed by atoms with Crippen LogP contribution in [0.15, 0.2) is 0 Å². The zero-order valence-corrected chi connectivity index (χ0v) is 11.2. The molecule has 0 fully saturated rings. The predicted molar refractivity (Wildman–Crippen MR) is 66.3 cm³/mol. The van der Waals surface area contributed by atoms with Gasteiger partial charge in [0, 0.05) is 19.1 Å². The van der Waals surface area contributed by atoms with Crippen molar-refractivity contribution in [3.8, 4) is 0 Å². The molecule has 0 amide bonds. The van der Waals surface area contributed by atoms with Gasteiger partial charge < -0.3 is 10.1 Å². The molecule has 0 aliphatic carbocycles. The van der Waals surface area contributed by atoms with Gasteiger partial charge in [0.05, 0.1) is 12.7 Å². The number of nitrogens with one attached hydrogen (secondary N) is 1. The van der Waals surface area contributed by atoms with E-state index in [2.05, 4.69) is 45.0 Å². The van der Waals surface area contributed by atoms with Crippen molar-refractivity contribution in [1.82, 2.24) is 10.2 Å². The summed E-state index contributed by atoms with van der Waals surface area (Å²) in [5.41, 5.74) is 0. The molecular weight excluding hydrogens is 188 g/mol. The van der Waals surface area contributed by atoms with Crippen molar-refractivity contribution in [2.45, 2.75) is 39.8 Å². The van der Waals surface area contributed by atoms with Gasteiger partial charge in [-0.3, -0.25) is 4.90 Å². The summed E-state index contributed by atoms with van der Waals surface area (Å²) >= 11 is 0. The molecule has 0 rings (SSSR count). The molecule has 0 aliphatic rings. The van der Waals surface area contributed by atoms with E-state index in [-0.39, 0.29) is 0 Å². The molecule has 3 nitrogen and oxygen atoms in total. The molecule has 0 bridgehead atoms. The van der Waals surface area contributed by atoms with E-state index in [0.29, 0.717) is 18.1 Å². The molecule has 1 atom stereocenters. The van der Waals surface area contributed by atoms with Crippen LogP contribution in [-0.2, 0) is 4.74 Å². The Morgan fingerprint density at radius 3 is 2.20 bits per heavy atom. The van der Waals surface area contributed by atoms with Gasteiger partial charge in [0.1, 0.15) is 0 Å². The Kier molecular flexibility index (Phi) is 8.02. The molecule has 0 aliphatic heterocycles. The minimum atomic E-state index is 0.334. The van der Waals surface area contributed by atoms with E-state index in [1.807, 2.05) is 7.05 Å². The topological polar surface area (TPSA) is 24.5 Å². The number of nitrogens with zero attached hydrogens (tertiary/aromatic N) is 1. The zero-order chi connectivity index (χ0) is 11.8. The maximum Gasteiger partial charge on any atom is 0.0596 e. The second-order valence-corrected chi connectivity index (χ2v) is 4.77. The van der Waals surface area contributed by atoms with E-state index in [0.717, 1.165) is 19.7 Å². The average molecular weight is 216 g/mol. The Morgan fingerprint density at radius 1 is 1.20 bits per heavy atom. The molecule has 0 saturated carbocycles. The Hall–Kier alpha value is -0.120. The van der Waals surface area contributed by atoms with Gasteiger partial charge in [0.25, 0.3) is 0 Å². The molecule has 0 spiro atoms. The Morgan fingerprint density at radius 2 is 1.80 bits per heavy atom. The Balaban J connectivity index is 3.86. The highest BCUT2D eigenvalue weighted by Gasteiger charge is 2.17. The first-order chi connectivity index (χ1) is 6.99. The van der Waals surface area contributed by atoms with Crippen LogP contribution in [-0.4, -0.2) is 50.8 Å². The van der Waals surface area contributed by atoms with Crippen LogP contribution in [0.5, 0.6) is 0 Å². The first kappa shape index (κ1) is 14.9. The van der Waals surface area contributed by atoms with E-state index in [9.17, 15) is 0 Å². The number of hydrogen-bond donors (Lipinski definition) is 1. The standard InChI is InChI=1S/C12H28N2O/c1-10(2)12(9-13-5)14(6)7-8-15-11(3)4/h10-13H,7-9H2,1-6H3. The zero-order valence-electron chi connectivity index (χ0n) is 11.2. The van der Waals surface area contributed by atoms with Crippen LogP contribution in [0.25, 0.3) is 0 Å². The van der Waals surface area contributed by atoms with Gasteiger partial charge in [-0.2, -0.15) is 0 Å². The van der Waals surface area contributed by atoms with Crippen molar-refractivity contribution in [1.29, 1.82) is 0 Å². The SMILES string of the molecule is CNCC(C(C)C)N(C)CCOC(C)C. The molecular formula is C12H28N2O. The molecule has 1 N–H and O–H groups in total. The van der Waals surface area contributed by atoms with Crippen LogP contribution in [0.1, 0.15) is 27.7 Å². The van der Waals surface area contributed by atoms with Crippen molar-refractivity contribution in [3.05, 3.63) is 0 Å². The Labute approximate surface area is 95.2 Å². The largest absolute Gasteiger partial charge is 0.377 e. The minimum Gasteiger partial charge on any atom is -0.377 e. The summed E-state index contributed by atoms with van der Waals surface area (Å²) in [6.45, 7) is 11.5. The summed E-state index contributed by atoms with van der Waals surface area (Å²) in [5, 5.41) is 3.25. The normalized spacial score (nSPS) is 14.2. The van der Waals surface area contributed by atoms with Crippen LogP contribution in [0.3, 0.4) is 0 Å². The lowest BCUT2D eigenvalue weighted by Gasteiger charge is -2.31. The van der Waals surface area contributed by atoms with Gasteiger partial charge in [-0.1, -0.05) is 13.8 Å². The number of hydrogen-bond acceptors (Lipinski definition) is 3. The molecule has 92 valence electrons. The van der Waals surface area contributed by atoms with Crippen molar-refractivity contribution < 1.29 is 4.74 Å². The highest BCUT2D eigenvalue weighted by molar-refractivity contribution is 4.73. The van der Waals surface area contributed by atoms with E-state index in [1.165, 1.54) is 0 Å². The maximum absolute atomic E-state index is 5.56. The van der Waals surface area contributed by atoms with Gasteiger partial charge in [0.15, 0.2) is 0 Å². The summed E-state index contributed by atoms with van der Waals surface area (Å²) in [5.74, 6) is 0.668. The van der Waals surface area contributed by atoms with E-state index in [4.69, 9.17) is 4.74 Å². The first-order valence-electron chi connectivity index (χ1n) is 5.95. The lowest BCUT2D eigenvalue weighted by Crippen LogP contribution is -2.44. The van der Waals surface area contributed by atoms with Gasteiger partial charge in [-0.05, 0) is 33.9 Å². The van der Waals surface area contributed by atoms with E-state index < -0.39 is 0 Å². The predicted octanol–water partition coefficient (Wildman–Crippen LogP) is 1.59. The van der Waals surface area contributed by atoms with E-state index >= 15 is 0 Å². The fourth-order valence-electron chi connectivity index (χ4n) is 1.71.